The van der Waals surface area contributed by atoms with Gasteiger partial charge in [0.2, 0.25) is 0 Å². The Morgan fingerprint density at radius 2 is 1.74 bits per heavy atom. The Morgan fingerprint density at radius 1 is 1.00 bits per heavy atom. The molecule has 7 nitrogen and oxygen atoms in total. The van der Waals surface area contributed by atoms with Crippen LogP contribution in [0.4, 0.5) is 18.9 Å². The lowest BCUT2D eigenvalue weighted by atomic mass is 10.00. The molecule has 0 bridgehead atoms. The highest BCUT2D eigenvalue weighted by Crippen LogP contribution is 2.31. The van der Waals surface area contributed by atoms with Crippen molar-refractivity contribution in [2.75, 3.05) is 44.7 Å². The number of amides is 1. The zero-order valence-electron chi connectivity index (χ0n) is 21.3. The molecule has 204 valence electrons. The van der Waals surface area contributed by atoms with E-state index in [0.717, 1.165) is 63.3 Å². The minimum absolute atomic E-state index is 0.125. The molecule has 1 N–H and O–H groups in total. The maximum atomic E-state index is 12.9. The number of anilines is 1. The van der Waals surface area contributed by atoms with Gasteiger partial charge in [0, 0.05) is 37.7 Å². The van der Waals surface area contributed by atoms with E-state index in [1.807, 2.05) is 18.2 Å². The van der Waals surface area contributed by atoms with Gasteiger partial charge in [-0.15, -0.1) is 0 Å². The maximum Gasteiger partial charge on any atom is 0.416 e. The highest BCUT2D eigenvalue weighted by atomic mass is 19.4. The number of ether oxygens (including phenoxy) is 1. The van der Waals surface area contributed by atoms with Crippen molar-refractivity contribution in [1.29, 1.82) is 0 Å². The second-order valence-corrected chi connectivity index (χ2v) is 9.88. The van der Waals surface area contributed by atoms with Crippen LogP contribution in [-0.2, 0) is 15.7 Å². The Kier molecular flexibility index (Phi) is 8.71. The first-order chi connectivity index (χ1) is 18.2. The van der Waals surface area contributed by atoms with E-state index < -0.39 is 17.6 Å². The van der Waals surface area contributed by atoms with Crippen molar-refractivity contribution in [3.8, 4) is 0 Å². The molecule has 1 atom stereocenters. The molecule has 38 heavy (non-hydrogen) atoms. The van der Waals surface area contributed by atoms with Crippen molar-refractivity contribution in [2.45, 2.75) is 37.9 Å². The van der Waals surface area contributed by atoms with Gasteiger partial charge in [0.1, 0.15) is 0 Å². The van der Waals surface area contributed by atoms with Crippen LogP contribution in [0.15, 0.2) is 48.5 Å². The van der Waals surface area contributed by atoms with E-state index in [0.29, 0.717) is 18.0 Å². The van der Waals surface area contributed by atoms with Gasteiger partial charge in [-0.25, -0.2) is 4.79 Å². The molecule has 0 aliphatic carbocycles. The summed E-state index contributed by atoms with van der Waals surface area (Å²) >= 11 is 0. The number of benzene rings is 2. The summed E-state index contributed by atoms with van der Waals surface area (Å²) in [6, 6.07) is 12.0. The number of likely N-dealkylation sites (tertiary alicyclic amines) is 1. The van der Waals surface area contributed by atoms with E-state index in [1.54, 1.807) is 6.07 Å². The molecule has 2 heterocycles. The molecule has 2 aromatic carbocycles. The van der Waals surface area contributed by atoms with Crippen LogP contribution in [0.3, 0.4) is 0 Å². The number of hydrogen-bond donors (Lipinski definition) is 1. The molecule has 1 amide bonds. The Labute approximate surface area is 219 Å². The SMILES string of the molecule is COC(=O)c1ccccc1N1CCC(N2CC[C@@H](CC(=O)CNC(=O)c3cccc(C(F)(F)F)c3)C2)CC1. The van der Waals surface area contributed by atoms with E-state index in [-0.39, 0.29) is 29.8 Å². The molecular weight excluding hydrogens is 499 g/mol. The minimum atomic E-state index is -4.54. The molecule has 4 rings (SSSR count). The number of alkyl halides is 3. The summed E-state index contributed by atoms with van der Waals surface area (Å²) in [5.41, 5.74) is 0.421. The summed E-state index contributed by atoms with van der Waals surface area (Å²) in [4.78, 5) is 41.5. The molecule has 2 saturated heterocycles. The topological polar surface area (TPSA) is 79.0 Å². The molecule has 0 saturated carbocycles. The van der Waals surface area contributed by atoms with Crippen molar-refractivity contribution < 1.29 is 32.3 Å². The third-order valence-corrected chi connectivity index (χ3v) is 7.36. The molecule has 2 fully saturated rings. The molecule has 2 aliphatic rings. The summed E-state index contributed by atoms with van der Waals surface area (Å²) in [5, 5.41) is 2.46. The smallest absolute Gasteiger partial charge is 0.416 e. The van der Waals surface area contributed by atoms with Crippen LogP contribution in [0.2, 0.25) is 0 Å². The number of piperidine rings is 1. The summed E-state index contributed by atoms with van der Waals surface area (Å²) in [6.07, 6.45) is -1.43. The van der Waals surface area contributed by atoms with Crippen LogP contribution in [0, 0.1) is 5.92 Å². The Balaban J connectivity index is 1.22. The Hall–Kier alpha value is -3.40. The van der Waals surface area contributed by atoms with Gasteiger partial charge in [-0.3, -0.25) is 14.5 Å². The van der Waals surface area contributed by atoms with Gasteiger partial charge < -0.3 is 15.0 Å². The Morgan fingerprint density at radius 3 is 2.45 bits per heavy atom. The van der Waals surface area contributed by atoms with Gasteiger partial charge in [0.05, 0.1) is 30.5 Å². The van der Waals surface area contributed by atoms with Gasteiger partial charge in [-0.05, 0) is 62.1 Å². The van der Waals surface area contributed by atoms with E-state index in [1.165, 1.54) is 19.2 Å². The fraction of sp³-hybridized carbons (Fsp3) is 0.464. The monoisotopic (exact) mass is 531 g/mol. The molecule has 2 aliphatic heterocycles. The maximum absolute atomic E-state index is 12.9. The largest absolute Gasteiger partial charge is 0.465 e. The third-order valence-electron chi connectivity index (χ3n) is 7.36. The van der Waals surface area contributed by atoms with Gasteiger partial charge in [0.15, 0.2) is 5.78 Å². The van der Waals surface area contributed by atoms with Crippen LogP contribution >= 0.6 is 0 Å². The van der Waals surface area contributed by atoms with Crippen molar-refractivity contribution in [2.24, 2.45) is 5.92 Å². The summed E-state index contributed by atoms with van der Waals surface area (Å²) in [7, 11) is 1.38. The van der Waals surface area contributed by atoms with Crippen molar-refractivity contribution in [3.63, 3.8) is 0 Å². The van der Waals surface area contributed by atoms with E-state index >= 15 is 0 Å². The predicted molar refractivity (Wildman–Crippen MR) is 136 cm³/mol. The van der Waals surface area contributed by atoms with Crippen molar-refractivity contribution >= 4 is 23.3 Å². The fourth-order valence-corrected chi connectivity index (χ4v) is 5.38. The molecule has 0 spiro atoms. The normalized spacial score (nSPS) is 18.8. The van der Waals surface area contributed by atoms with Crippen molar-refractivity contribution in [3.05, 3.63) is 65.2 Å². The average molecular weight is 532 g/mol. The molecule has 0 unspecified atom stereocenters. The second kappa shape index (κ2) is 12.0. The van der Waals surface area contributed by atoms with Crippen LogP contribution < -0.4 is 10.2 Å². The summed E-state index contributed by atoms with van der Waals surface area (Å²) < 4.78 is 43.6. The van der Waals surface area contributed by atoms with Gasteiger partial charge in [-0.1, -0.05) is 18.2 Å². The molecule has 10 heteroatoms. The highest BCUT2D eigenvalue weighted by Gasteiger charge is 2.33. The number of hydrogen-bond acceptors (Lipinski definition) is 6. The summed E-state index contributed by atoms with van der Waals surface area (Å²) in [5.74, 6) is -0.990. The standard InChI is InChI=1S/C28H32F3N3O4/c1-38-27(37)24-7-2-3-8-25(24)33-13-10-22(11-14-33)34-12-9-19(18-34)15-23(35)17-32-26(36)20-5-4-6-21(16-20)28(29,30)31/h2-8,16,19,22H,9-15,17-18H2,1H3,(H,32,36)/t19-/m0/s1. The lowest BCUT2D eigenvalue weighted by Crippen LogP contribution is -2.44. The molecule has 0 aromatic heterocycles. The average Bonchev–Trinajstić information content (AvgIpc) is 3.39. The number of ketones is 1. The molecule has 2 aromatic rings. The number of methoxy groups -OCH3 is 1. The fourth-order valence-electron chi connectivity index (χ4n) is 5.38. The van der Waals surface area contributed by atoms with Gasteiger partial charge in [-0.2, -0.15) is 13.2 Å². The number of carbonyl (C=O) groups excluding carboxylic acids is 3. The molecular formula is C28H32F3N3O4. The molecule has 0 radical (unpaired) electrons. The number of rotatable bonds is 8. The number of carbonyl (C=O) groups is 3. The first-order valence-electron chi connectivity index (χ1n) is 12.8. The first kappa shape index (κ1) is 27.6. The van der Waals surface area contributed by atoms with E-state index in [4.69, 9.17) is 4.74 Å². The number of nitrogens with zero attached hydrogens (tertiary/aromatic N) is 2. The minimum Gasteiger partial charge on any atom is -0.465 e. The van der Waals surface area contributed by atoms with Crippen molar-refractivity contribution in [1.82, 2.24) is 10.2 Å². The van der Waals surface area contributed by atoms with Gasteiger partial charge >= 0.3 is 12.1 Å². The lowest BCUT2D eigenvalue weighted by molar-refractivity contribution is -0.137. The number of esters is 1. The van der Waals surface area contributed by atoms with Crippen LogP contribution in [0.5, 0.6) is 0 Å². The van der Waals surface area contributed by atoms with Crippen LogP contribution in [0.1, 0.15) is 52.0 Å². The number of Topliss-reactive ketones (excluding diaryl/α,β-unsaturated/α-hetero) is 1. The second-order valence-electron chi connectivity index (χ2n) is 9.88. The zero-order valence-corrected chi connectivity index (χ0v) is 21.3. The first-order valence-corrected chi connectivity index (χ1v) is 12.8. The zero-order chi connectivity index (χ0) is 27.3. The Bertz CT molecular complexity index is 1160. The number of halogens is 3. The quantitative estimate of drug-likeness (QED) is 0.516. The summed E-state index contributed by atoms with van der Waals surface area (Å²) in [6.45, 7) is 3.14. The predicted octanol–water partition coefficient (Wildman–Crippen LogP) is 4.17. The van der Waals surface area contributed by atoms with Crippen LogP contribution in [-0.4, -0.2) is 68.4 Å². The van der Waals surface area contributed by atoms with E-state index in [2.05, 4.69) is 15.1 Å². The lowest BCUT2D eigenvalue weighted by Gasteiger charge is -2.38. The van der Waals surface area contributed by atoms with E-state index in [9.17, 15) is 27.6 Å². The third kappa shape index (κ3) is 6.72. The highest BCUT2D eigenvalue weighted by molar-refractivity contribution is 5.97. The van der Waals surface area contributed by atoms with Crippen LogP contribution in [0.25, 0.3) is 0 Å². The number of para-hydroxylation sites is 1. The number of nitrogens with one attached hydrogen (secondary N) is 1. The van der Waals surface area contributed by atoms with Gasteiger partial charge in [0.25, 0.3) is 5.91 Å².